The van der Waals surface area contributed by atoms with Crippen molar-refractivity contribution in [2.24, 2.45) is 0 Å². The quantitative estimate of drug-likeness (QED) is 0.669. The Hall–Kier alpha value is -1.55. The van der Waals surface area contributed by atoms with Crippen molar-refractivity contribution in [2.75, 3.05) is 12.9 Å². The Morgan fingerprint density at radius 2 is 2.05 bits per heavy atom. The number of ether oxygens (including phenoxy) is 1. The molecule has 0 fully saturated rings. The summed E-state index contributed by atoms with van der Waals surface area (Å²) in [5.74, 6) is -0.946. The second-order valence-corrected chi connectivity index (χ2v) is 4.61. The molecule has 0 aliphatic heterocycles. The zero-order chi connectivity index (χ0) is 14.7. The van der Waals surface area contributed by atoms with Gasteiger partial charge in [-0.1, -0.05) is 18.7 Å². The summed E-state index contributed by atoms with van der Waals surface area (Å²) < 4.78 is 4.67. The number of thioether (sulfide) groups is 1. The van der Waals surface area contributed by atoms with Gasteiger partial charge in [-0.05, 0) is 19.1 Å². The number of hydrogen-bond donors (Lipinski definition) is 1. The average Bonchev–Trinajstić information content (AvgIpc) is 2.40. The fraction of sp³-hybridized carbons (Fsp3) is 0.667. The number of nitrogens with one attached hydrogen (secondary N) is 1. The summed E-state index contributed by atoms with van der Waals surface area (Å²) >= 11 is 1.07. The van der Waals surface area contributed by atoms with E-state index in [0.717, 1.165) is 11.8 Å². The predicted octanol–water partition coefficient (Wildman–Crippen LogP) is 1.01. The number of hydrogen-bond acceptors (Lipinski definition) is 6. The van der Waals surface area contributed by atoms with Gasteiger partial charge in [0.05, 0.1) is 0 Å². The zero-order valence-corrected chi connectivity index (χ0v) is 11.9. The first-order valence-corrected chi connectivity index (χ1v) is 7.17. The van der Waals surface area contributed by atoms with Crippen LogP contribution in [-0.2, 0) is 19.1 Å². The van der Waals surface area contributed by atoms with Crippen LogP contribution in [0.2, 0.25) is 0 Å². The summed E-state index contributed by atoms with van der Waals surface area (Å²) in [7, 11) is 0. The van der Waals surface area contributed by atoms with E-state index in [1.807, 2.05) is 6.92 Å². The van der Waals surface area contributed by atoms with Gasteiger partial charge in [0.1, 0.15) is 12.1 Å². The van der Waals surface area contributed by atoms with Gasteiger partial charge in [-0.15, -0.1) is 0 Å². The lowest BCUT2D eigenvalue weighted by atomic mass is 10.1. The smallest absolute Gasteiger partial charge is 0.329 e. The van der Waals surface area contributed by atoms with Crippen molar-refractivity contribution in [3.8, 4) is 6.07 Å². The molecule has 1 atom stereocenters. The average molecular weight is 286 g/mol. The lowest BCUT2D eigenvalue weighted by Crippen LogP contribution is -2.42. The normalized spacial score (nSPS) is 11.2. The van der Waals surface area contributed by atoms with Gasteiger partial charge in [0.2, 0.25) is 5.91 Å². The van der Waals surface area contributed by atoms with E-state index in [-0.39, 0.29) is 30.5 Å². The number of amides is 1. The van der Waals surface area contributed by atoms with Crippen molar-refractivity contribution in [3.05, 3.63) is 0 Å². The number of carbonyl (C=O) groups is 3. The van der Waals surface area contributed by atoms with E-state index >= 15 is 0 Å². The molecule has 6 nitrogen and oxygen atoms in total. The number of nitriles is 1. The van der Waals surface area contributed by atoms with Gasteiger partial charge >= 0.3 is 5.97 Å². The second-order valence-electron chi connectivity index (χ2n) is 3.75. The second kappa shape index (κ2) is 10.4. The monoisotopic (exact) mass is 286 g/mol. The van der Waals surface area contributed by atoms with E-state index in [1.54, 1.807) is 12.3 Å². The molecule has 0 heterocycles. The summed E-state index contributed by atoms with van der Waals surface area (Å²) in [4.78, 5) is 34.3. The molecule has 19 heavy (non-hydrogen) atoms. The van der Waals surface area contributed by atoms with Crippen molar-refractivity contribution in [2.45, 2.75) is 38.6 Å². The van der Waals surface area contributed by atoms with Crippen LogP contribution in [0.5, 0.6) is 0 Å². The molecule has 0 unspecified atom stereocenters. The Morgan fingerprint density at radius 1 is 1.37 bits per heavy atom. The highest BCUT2D eigenvalue weighted by Crippen LogP contribution is 2.07. The molecule has 0 radical (unpaired) electrons. The van der Waals surface area contributed by atoms with Crippen molar-refractivity contribution < 1.29 is 19.1 Å². The summed E-state index contributed by atoms with van der Waals surface area (Å²) in [6.07, 6.45) is 2.97. The Labute approximate surface area is 116 Å². The van der Waals surface area contributed by atoms with Crippen LogP contribution in [0.4, 0.5) is 0 Å². The molecule has 0 bridgehead atoms. The molecule has 1 N–H and O–H groups in total. The molecule has 0 saturated carbocycles. The van der Waals surface area contributed by atoms with E-state index in [4.69, 9.17) is 5.26 Å². The van der Waals surface area contributed by atoms with Crippen LogP contribution in [0.25, 0.3) is 0 Å². The minimum absolute atomic E-state index is 0.0668. The standard InChI is InChI=1S/C12H18N2O4S/c1-3-4-10(15)14-9(5-6-11(16)19-2)12(17)18-8-7-13/h9H,3-6,8H2,1-2H3,(H,14,15)/t9-/m0/s1. The molecule has 7 heteroatoms. The number of carbonyl (C=O) groups excluding carboxylic acids is 3. The molecule has 0 aromatic heterocycles. The minimum atomic E-state index is -0.872. The van der Waals surface area contributed by atoms with Crippen LogP contribution < -0.4 is 5.32 Å². The maximum atomic E-state index is 11.6. The number of esters is 1. The van der Waals surface area contributed by atoms with E-state index in [9.17, 15) is 14.4 Å². The van der Waals surface area contributed by atoms with E-state index < -0.39 is 12.0 Å². The molecule has 0 aliphatic rings. The van der Waals surface area contributed by atoms with Gasteiger partial charge in [0.15, 0.2) is 11.7 Å². The molecule has 0 aliphatic carbocycles. The summed E-state index contributed by atoms with van der Waals surface area (Å²) in [5, 5.41) is 10.8. The highest BCUT2D eigenvalue weighted by Gasteiger charge is 2.22. The van der Waals surface area contributed by atoms with Crippen LogP contribution in [0, 0.1) is 11.3 Å². The van der Waals surface area contributed by atoms with Crippen molar-refractivity contribution in [1.29, 1.82) is 5.26 Å². The van der Waals surface area contributed by atoms with Crippen LogP contribution in [-0.4, -0.2) is 35.9 Å². The van der Waals surface area contributed by atoms with Crippen LogP contribution >= 0.6 is 11.8 Å². The third kappa shape index (κ3) is 8.21. The Bertz CT molecular complexity index is 365. The first kappa shape index (κ1) is 17.4. The van der Waals surface area contributed by atoms with E-state index in [2.05, 4.69) is 10.1 Å². The maximum Gasteiger partial charge on any atom is 0.329 e. The molecular formula is C12H18N2O4S. The third-order valence-electron chi connectivity index (χ3n) is 2.24. The molecule has 0 aromatic carbocycles. The van der Waals surface area contributed by atoms with E-state index in [0.29, 0.717) is 12.8 Å². The SMILES string of the molecule is CCCC(=O)N[C@@H](CCC(=O)SC)C(=O)OCC#N. The summed E-state index contributed by atoms with van der Waals surface area (Å²) in [6.45, 7) is 1.48. The lowest BCUT2D eigenvalue weighted by molar-refractivity contribution is -0.146. The fourth-order valence-corrected chi connectivity index (χ4v) is 1.63. The Morgan fingerprint density at radius 3 is 2.58 bits per heavy atom. The maximum absolute atomic E-state index is 11.6. The molecule has 0 saturated heterocycles. The van der Waals surface area contributed by atoms with Gasteiger partial charge in [0, 0.05) is 12.8 Å². The predicted molar refractivity (Wildman–Crippen MR) is 71.2 cm³/mol. The zero-order valence-electron chi connectivity index (χ0n) is 11.1. The van der Waals surface area contributed by atoms with Gasteiger partial charge in [0.25, 0.3) is 0 Å². The highest BCUT2D eigenvalue weighted by molar-refractivity contribution is 8.13. The molecular weight excluding hydrogens is 268 g/mol. The molecule has 1 amide bonds. The van der Waals surface area contributed by atoms with Crippen LogP contribution in [0.3, 0.4) is 0 Å². The lowest BCUT2D eigenvalue weighted by Gasteiger charge is -2.16. The first-order chi connectivity index (χ1) is 9.04. The molecule has 0 spiro atoms. The third-order valence-corrected chi connectivity index (χ3v) is 2.90. The molecule has 106 valence electrons. The van der Waals surface area contributed by atoms with E-state index in [1.165, 1.54) is 0 Å². The first-order valence-electron chi connectivity index (χ1n) is 5.94. The van der Waals surface area contributed by atoms with Gasteiger partial charge in [-0.25, -0.2) is 4.79 Å². The summed E-state index contributed by atoms with van der Waals surface area (Å²) in [6, 6.07) is 0.809. The highest BCUT2D eigenvalue weighted by atomic mass is 32.2. The van der Waals surface area contributed by atoms with Crippen molar-refractivity contribution in [3.63, 3.8) is 0 Å². The minimum Gasteiger partial charge on any atom is -0.449 e. The van der Waals surface area contributed by atoms with Crippen molar-refractivity contribution >= 4 is 28.8 Å². The Kier molecular flexibility index (Phi) is 9.53. The van der Waals surface area contributed by atoms with Gasteiger partial charge in [-0.3, -0.25) is 9.59 Å². The van der Waals surface area contributed by atoms with Crippen LogP contribution in [0.1, 0.15) is 32.6 Å². The Balaban J connectivity index is 4.45. The van der Waals surface area contributed by atoms with Gasteiger partial charge in [-0.2, -0.15) is 5.26 Å². The van der Waals surface area contributed by atoms with Crippen molar-refractivity contribution in [1.82, 2.24) is 5.32 Å². The number of rotatable bonds is 8. The largest absolute Gasteiger partial charge is 0.449 e. The summed E-state index contributed by atoms with van der Waals surface area (Å²) in [5.41, 5.74) is 0. The number of nitrogens with zero attached hydrogens (tertiary/aromatic N) is 1. The molecule has 0 rings (SSSR count). The molecule has 0 aromatic rings. The fourth-order valence-electron chi connectivity index (χ4n) is 1.31. The van der Waals surface area contributed by atoms with Gasteiger partial charge < -0.3 is 10.1 Å². The topological polar surface area (TPSA) is 96.3 Å². The van der Waals surface area contributed by atoms with Crippen LogP contribution in [0.15, 0.2) is 0 Å².